The van der Waals surface area contributed by atoms with E-state index in [1.165, 1.54) is 18.4 Å². The van der Waals surface area contributed by atoms with Gasteiger partial charge in [0.1, 0.15) is 6.17 Å². The Morgan fingerprint density at radius 2 is 2.18 bits per heavy atom. The largest absolute Gasteiger partial charge is 0.384 e. The molecule has 0 spiro atoms. The van der Waals surface area contributed by atoms with Gasteiger partial charge in [0, 0.05) is 17.8 Å². The van der Waals surface area contributed by atoms with Gasteiger partial charge in [0.2, 0.25) is 0 Å². The van der Waals surface area contributed by atoms with Crippen molar-refractivity contribution in [3.8, 4) is 0 Å². The average molecular weight is 235 g/mol. The zero-order chi connectivity index (χ0) is 12.1. The molecule has 1 aromatic rings. The van der Waals surface area contributed by atoms with Crippen LogP contribution in [0, 0.1) is 0 Å². The molecule has 94 valence electrons. The molecular weight excluding hydrogens is 213 g/mol. The molecule has 0 saturated carbocycles. The van der Waals surface area contributed by atoms with E-state index >= 15 is 0 Å². The molecule has 1 aromatic carbocycles. The van der Waals surface area contributed by atoms with Crippen molar-refractivity contribution < 1.29 is 4.39 Å². The number of hydrogen-bond donors (Lipinski definition) is 1. The highest BCUT2D eigenvalue weighted by atomic mass is 19.1. The molecule has 0 saturated heterocycles. The zero-order valence-electron chi connectivity index (χ0n) is 10.6. The van der Waals surface area contributed by atoms with Crippen LogP contribution < -0.4 is 5.32 Å². The number of rotatable bonds is 6. The van der Waals surface area contributed by atoms with Crippen LogP contribution in [0.25, 0.3) is 0 Å². The smallest absolute Gasteiger partial charge is 0.127 e. The lowest BCUT2D eigenvalue weighted by atomic mass is 10.00. The van der Waals surface area contributed by atoms with Crippen molar-refractivity contribution in [2.45, 2.75) is 51.6 Å². The SMILES string of the molecule is CCCCCCC(F)c1cccc2c1NCC2. The van der Waals surface area contributed by atoms with Gasteiger partial charge in [-0.25, -0.2) is 4.39 Å². The van der Waals surface area contributed by atoms with Gasteiger partial charge in [-0.1, -0.05) is 50.8 Å². The number of hydrogen-bond acceptors (Lipinski definition) is 1. The van der Waals surface area contributed by atoms with Gasteiger partial charge in [0.25, 0.3) is 0 Å². The van der Waals surface area contributed by atoms with Crippen molar-refractivity contribution in [1.29, 1.82) is 0 Å². The summed E-state index contributed by atoms with van der Waals surface area (Å²) in [6.07, 6.45) is 5.48. The number of alkyl halides is 1. The van der Waals surface area contributed by atoms with Crippen LogP contribution in [0.3, 0.4) is 0 Å². The van der Waals surface area contributed by atoms with E-state index in [4.69, 9.17) is 0 Å². The van der Waals surface area contributed by atoms with E-state index in [2.05, 4.69) is 18.3 Å². The molecule has 0 radical (unpaired) electrons. The fraction of sp³-hybridized carbons (Fsp3) is 0.600. The van der Waals surface area contributed by atoms with Gasteiger partial charge in [-0.2, -0.15) is 0 Å². The second-order valence-corrected chi connectivity index (χ2v) is 4.88. The first kappa shape index (κ1) is 12.4. The first-order chi connectivity index (χ1) is 8.33. The number of halogens is 1. The van der Waals surface area contributed by atoms with E-state index in [1.54, 1.807) is 0 Å². The van der Waals surface area contributed by atoms with Crippen molar-refractivity contribution >= 4 is 5.69 Å². The summed E-state index contributed by atoms with van der Waals surface area (Å²) in [5, 5.41) is 3.31. The summed E-state index contributed by atoms with van der Waals surface area (Å²) in [6.45, 7) is 3.13. The molecule has 0 amide bonds. The van der Waals surface area contributed by atoms with Crippen LogP contribution in [0.4, 0.5) is 10.1 Å². The minimum Gasteiger partial charge on any atom is -0.384 e. The molecule has 2 rings (SSSR count). The third-order valence-corrected chi connectivity index (χ3v) is 3.53. The molecule has 17 heavy (non-hydrogen) atoms. The summed E-state index contributed by atoms with van der Waals surface area (Å²) < 4.78 is 14.2. The maximum atomic E-state index is 14.2. The normalized spacial score (nSPS) is 15.4. The third kappa shape index (κ3) is 2.99. The first-order valence-corrected chi connectivity index (χ1v) is 6.82. The van der Waals surface area contributed by atoms with E-state index in [1.807, 2.05) is 12.1 Å². The number of para-hydroxylation sites is 1. The van der Waals surface area contributed by atoms with Crippen molar-refractivity contribution in [1.82, 2.24) is 0 Å². The lowest BCUT2D eigenvalue weighted by molar-refractivity contribution is 0.314. The molecule has 1 N–H and O–H groups in total. The van der Waals surface area contributed by atoms with Crippen LogP contribution in [0.1, 0.15) is 56.3 Å². The molecule has 1 atom stereocenters. The topological polar surface area (TPSA) is 12.0 Å². The lowest BCUT2D eigenvalue weighted by Gasteiger charge is -2.13. The van der Waals surface area contributed by atoms with Gasteiger partial charge < -0.3 is 5.32 Å². The standard InChI is InChI=1S/C15H22FN/c1-2-3-4-5-9-14(16)13-8-6-7-12-10-11-17-15(12)13/h6-8,14,17H,2-5,9-11H2,1H3. The monoisotopic (exact) mass is 235 g/mol. The second-order valence-electron chi connectivity index (χ2n) is 4.88. The highest BCUT2D eigenvalue weighted by Crippen LogP contribution is 2.34. The number of nitrogens with one attached hydrogen (secondary N) is 1. The fourth-order valence-electron chi connectivity index (χ4n) is 2.53. The minimum atomic E-state index is -0.799. The van der Waals surface area contributed by atoms with Crippen LogP contribution in [-0.4, -0.2) is 6.54 Å². The Hall–Kier alpha value is -1.05. The highest BCUT2D eigenvalue weighted by Gasteiger charge is 2.19. The van der Waals surface area contributed by atoms with Gasteiger partial charge in [0.15, 0.2) is 0 Å². The van der Waals surface area contributed by atoms with Crippen LogP contribution >= 0.6 is 0 Å². The summed E-state index contributed by atoms with van der Waals surface area (Å²) in [5.74, 6) is 0. The van der Waals surface area contributed by atoms with E-state index in [9.17, 15) is 4.39 Å². The van der Waals surface area contributed by atoms with Gasteiger partial charge in [0.05, 0.1) is 0 Å². The van der Waals surface area contributed by atoms with E-state index in [-0.39, 0.29) is 0 Å². The molecule has 1 aliphatic heterocycles. The minimum absolute atomic E-state index is 0.665. The molecule has 1 unspecified atom stereocenters. The lowest BCUT2D eigenvalue weighted by Crippen LogP contribution is -1.99. The Bertz CT molecular complexity index is 362. The highest BCUT2D eigenvalue weighted by molar-refractivity contribution is 5.61. The molecule has 1 heterocycles. The third-order valence-electron chi connectivity index (χ3n) is 3.53. The average Bonchev–Trinajstić information content (AvgIpc) is 2.82. The van der Waals surface area contributed by atoms with Crippen LogP contribution in [0.15, 0.2) is 18.2 Å². The maximum absolute atomic E-state index is 14.2. The summed E-state index contributed by atoms with van der Waals surface area (Å²) >= 11 is 0. The van der Waals surface area contributed by atoms with Gasteiger partial charge in [-0.3, -0.25) is 0 Å². The Kier molecular flexibility index (Phi) is 4.41. The van der Waals surface area contributed by atoms with E-state index in [0.717, 1.165) is 37.1 Å². The molecule has 2 heteroatoms. The van der Waals surface area contributed by atoms with Crippen molar-refractivity contribution in [3.05, 3.63) is 29.3 Å². The Balaban J connectivity index is 1.95. The summed E-state index contributed by atoms with van der Waals surface area (Å²) in [6, 6.07) is 6.02. The Morgan fingerprint density at radius 3 is 3.00 bits per heavy atom. The predicted octanol–water partition coefficient (Wildman–Crippen LogP) is 4.64. The van der Waals surface area contributed by atoms with E-state index < -0.39 is 6.17 Å². The summed E-state index contributed by atoms with van der Waals surface area (Å²) in [5.41, 5.74) is 3.21. The van der Waals surface area contributed by atoms with Crippen molar-refractivity contribution in [2.75, 3.05) is 11.9 Å². The molecule has 0 aliphatic carbocycles. The Labute approximate surface area is 103 Å². The molecule has 0 bridgehead atoms. The number of unbranched alkanes of at least 4 members (excludes halogenated alkanes) is 3. The molecule has 1 aliphatic rings. The van der Waals surface area contributed by atoms with E-state index in [0.29, 0.717) is 6.42 Å². The number of fused-ring (bicyclic) bond motifs is 1. The summed E-state index contributed by atoms with van der Waals surface area (Å²) in [7, 11) is 0. The first-order valence-electron chi connectivity index (χ1n) is 6.82. The fourth-order valence-corrected chi connectivity index (χ4v) is 2.53. The second kappa shape index (κ2) is 6.04. The quantitative estimate of drug-likeness (QED) is 0.708. The van der Waals surface area contributed by atoms with Gasteiger partial charge in [-0.05, 0) is 18.4 Å². The Morgan fingerprint density at radius 1 is 1.29 bits per heavy atom. The van der Waals surface area contributed by atoms with Gasteiger partial charge >= 0.3 is 0 Å². The van der Waals surface area contributed by atoms with Crippen molar-refractivity contribution in [2.24, 2.45) is 0 Å². The van der Waals surface area contributed by atoms with Gasteiger partial charge in [-0.15, -0.1) is 0 Å². The predicted molar refractivity (Wildman–Crippen MR) is 71.2 cm³/mol. The maximum Gasteiger partial charge on any atom is 0.127 e. The summed E-state index contributed by atoms with van der Waals surface area (Å²) in [4.78, 5) is 0. The molecular formula is C15H22FN. The molecule has 0 fully saturated rings. The van der Waals surface area contributed by atoms with Crippen LogP contribution in [0.2, 0.25) is 0 Å². The number of anilines is 1. The van der Waals surface area contributed by atoms with Crippen molar-refractivity contribution in [3.63, 3.8) is 0 Å². The number of benzene rings is 1. The zero-order valence-corrected chi connectivity index (χ0v) is 10.6. The van der Waals surface area contributed by atoms with Crippen LogP contribution in [0.5, 0.6) is 0 Å². The van der Waals surface area contributed by atoms with Crippen LogP contribution in [-0.2, 0) is 6.42 Å². The molecule has 1 nitrogen and oxygen atoms in total. The molecule has 0 aromatic heterocycles.